The van der Waals surface area contributed by atoms with E-state index in [0.717, 1.165) is 23.8 Å². The van der Waals surface area contributed by atoms with E-state index in [2.05, 4.69) is 27.7 Å². The van der Waals surface area contributed by atoms with Gasteiger partial charge in [-0.3, -0.25) is 14.2 Å². The summed E-state index contributed by atoms with van der Waals surface area (Å²) in [5, 5.41) is 0.869. The molecule has 33 heavy (non-hydrogen) atoms. The monoisotopic (exact) mass is 448 g/mol. The molecular formula is C28H36N2O3. The molecule has 0 aliphatic rings. The number of pyridine rings is 1. The summed E-state index contributed by atoms with van der Waals surface area (Å²) >= 11 is 0. The number of hydrogen-bond donors (Lipinski definition) is 1. The van der Waals surface area contributed by atoms with Gasteiger partial charge in [-0.1, -0.05) is 58.0 Å². The number of aromatic nitrogens is 1. The molecule has 176 valence electrons. The second-order valence-corrected chi connectivity index (χ2v) is 9.75. The number of nitrogens with zero attached hydrogens (tertiary/aromatic N) is 1. The normalized spacial score (nSPS) is 12.0. The number of carbonyl (C=O) groups is 1. The topological polar surface area (TPSA) is 74.3 Å². The van der Waals surface area contributed by atoms with E-state index in [1.54, 1.807) is 11.7 Å². The second-order valence-electron chi connectivity index (χ2n) is 9.75. The van der Waals surface area contributed by atoms with Crippen molar-refractivity contribution in [2.45, 2.75) is 58.9 Å². The van der Waals surface area contributed by atoms with Crippen molar-refractivity contribution in [2.24, 2.45) is 17.6 Å². The zero-order chi connectivity index (χ0) is 24.2. The zero-order valence-electron chi connectivity index (χ0n) is 20.4. The third-order valence-electron chi connectivity index (χ3n) is 6.45. The predicted octanol–water partition coefficient (Wildman–Crippen LogP) is 5.73. The van der Waals surface area contributed by atoms with Crippen molar-refractivity contribution in [3.05, 3.63) is 65.0 Å². The second kappa shape index (κ2) is 10.2. The number of nitrogens with two attached hydrogens (primary N) is 1. The molecule has 0 saturated carbocycles. The first-order valence-electron chi connectivity index (χ1n) is 11.8. The van der Waals surface area contributed by atoms with Gasteiger partial charge in [0.25, 0.3) is 5.56 Å². The molecule has 1 aromatic heterocycles. The highest BCUT2D eigenvalue weighted by molar-refractivity contribution is 5.90. The molecule has 0 bridgehead atoms. The number of carbonyl (C=O) groups excluding carboxylic acids is 1. The highest BCUT2D eigenvalue weighted by Crippen LogP contribution is 2.35. The molecule has 5 nitrogen and oxygen atoms in total. The van der Waals surface area contributed by atoms with Crippen LogP contribution in [0, 0.1) is 11.8 Å². The van der Waals surface area contributed by atoms with Crippen LogP contribution in [0.1, 0.15) is 53.4 Å². The molecule has 0 unspecified atom stereocenters. The van der Waals surface area contributed by atoms with Gasteiger partial charge in [-0.25, -0.2) is 0 Å². The van der Waals surface area contributed by atoms with Crippen molar-refractivity contribution in [3.63, 3.8) is 0 Å². The summed E-state index contributed by atoms with van der Waals surface area (Å²) in [6.45, 7) is 8.49. The molecule has 3 aromatic rings. The molecule has 5 heteroatoms. The lowest BCUT2D eigenvalue weighted by Crippen LogP contribution is -2.51. The maximum absolute atomic E-state index is 14.1. The summed E-state index contributed by atoms with van der Waals surface area (Å²) in [7, 11) is 1.60. The van der Waals surface area contributed by atoms with Crippen LogP contribution < -0.4 is 16.0 Å². The molecule has 2 N–H and O–H groups in total. The van der Waals surface area contributed by atoms with Crippen LogP contribution in [0.15, 0.2) is 59.4 Å². The van der Waals surface area contributed by atoms with Crippen molar-refractivity contribution in [1.82, 2.24) is 4.57 Å². The Hall–Kier alpha value is -3.08. The lowest BCUT2D eigenvalue weighted by molar-refractivity contribution is -0.127. The highest BCUT2D eigenvalue weighted by atomic mass is 16.5. The average molecular weight is 449 g/mol. The van der Waals surface area contributed by atoms with Crippen LogP contribution in [0.4, 0.5) is 0 Å². The van der Waals surface area contributed by atoms with E-state index in [9.17, 15) is 9.59 Å². The predicted molar refractivity (Wildman–Crippen MR) is 136 cm³/mol. The molecule has 1 heterocycles. The summed E-state index contributed by atoms with van der Waals surface area (Å²) in [5.41, 5.74) is 6.89. The quantitative estimate of drug-likeness (QED) is 0.430. The van der Waals surface area contributed by atoms with Crippen LogP contribution in [0.25, 0.3) is 22.0 Å². The molecule has 0 radical (unpaired) electrons. The number of hydrogen-bond acceptors (Lipinski definition) is 3. The minimum Gasteiger partial charge on any atom is -0.497 e. The Bertz CT molecular complexity index is 1150. The van der Waals surface area contributed by atoms with Gasteiger partial charge >= 0.3 is 0 Å². The number of rotatable bonds is 10. The third kappa shape index (κ3) is 5.13. The molecule has 0 fully saturated rings. The van der Waals surface area contributed by atoms with Gasteiger partial charge in [0.05, 0.1) is 12.6 Å². The van der Waals surface area contributed by atoms with E-state index < -0.39 is 11.4 Å². The smallest absolute Gasteiger partial charge is 0.259 e. The Kier molecular flexibility index (Phi) is 7.62. The molecule has 0 atom stereocenters. The summed E-state index contributed by atoms with van der Waals surface area (Å²) in [6, 6.07) is 17.1. The van der Waals surface area contributed by atoms with E-state index in [-0.39, 0.29) is 5.56 Å². The van der Waals surface area contributed by atoms with Gasteiger partial charge in [0, 0.05) is 11.6 Å². The summed E-state index contributed by atoms with van der Waals surface area (Å²) in [4.78, 5) is 27.4. The maximum Gasteiger partial charge on any atom is 0.259 e. The standard InChI is InChI=1S/C28H36N2O3/c1-19(2)13-15-28(27(29)32,16-14-20(3)4)30-25-18-23(33-5)12-11-22(25)17-24(26(30)31)21-9-7-6-8-10-21/h6-12,17-20H,13-16H2,1-5H3,(H2,29,32). The van der Waals surface area contributed by atoms with Crippen molar-refractivity contribution >= 4 is 16.8 Å². The number of amides is 1. The lowest BCUT2D eigenvalue weighted by Gasteiger charge is -2.36. The Morgan fingerprint density at radius 2 is 1.58 bits per heavy atom. The Balaban J connectivity index is 2.42. The number of primary amides is 1. The van der Waals surface area contributed by atoms with Gasteiger partial charge in [0.2, 0.25) is 5.91 Å². The van der Waals surface area contributed by atoms with Crippen LogP contribution in [-0.2, 0) is 10.3 Å². The average Bonchev–Trinajstić information content (AvgIpc) is 2.79. The molecule has 2 aromatic carbocycles. The van der Waals surface area contributed by atoms with Crippen molar-refractivity contribution in [3.8, 4) is 16.9 Å². The first kappa shape index (κ1) is 24.6. The van der Waals surface area contributed by atoms with Crippen molar-refractivity contribution in [1.29, 1.82) is 0 Å². The van der Waals surface area contributed by atoms with E-state index in [1.165, 1.54) is 0 Å². The Morgan fingerprint density at radius 3 is 2.09 bits per heavy atom. The third-order valence-corrected chi connectivity index (χ3v) is 6.45. The van der Waals surface area contributed by atoms with Crippen LogP contribution in [0.3, 0.4) is 0 Å². The number of ether oxygens (including phenoxy) is 1. The van der Waals surface area contributed by atoms with E-state index in [0.29, 0.717) is 41.5 Å². The van der Waals surface area contributed by atoms with Gasteiger partial charge in [-0.15, -0.1) is 0 Å². The number of methoxy groups -OCH3 is 1. The van der Waals surface area contributed by atoms with Crippen molar-refractivity contribution in [2.75, 3.05) is 7.11 Å². The molecule has 0 aliphatic carbocycles. The summed E-state index contributed by atoms with van der Waals surface area (Å²) in [5.74, 6) is 0.919. The number of benzene rings is 2. The molecule has 0 aliphatic heterocycles. The molecule has 0 spiro atoms. The summed E-state index contributed by atoms with van der Waals surface area (Å²) in [6.07, 6.45) is 2.59. The first-order chi connectivity index (χ1) is 15.7. The number of fused-ring (bicyclic) bond motifs is 1. The summed E-state index contributed by atoms with van der Waals surface area (Å²) < 4.78 is 7.15. The van der Waals surface area contributed by atoms with Gasteiger partial charge in [-0.2, -0.15) is 0 Å². The Labute approximate surface area is 196 Å². The molecule has 3 rings (SSSR count). The minimum absolute atomic E-state index is 0.201. The minimum atomic E-state index is -1.12. The lowest BCUT2D eigenvalue weighted by atomic mass is 9.82. The van der Waals surface area contributed by atoms with E-state index in [4.69, 9.17) is 10.5 Å². The van der Waals surface area contributed by atoms with Crippen LogP contribution in [0.2, 0.25) is 0 Å². The van der Waals surface area contributed by atoms with Gasteiger partial charge < -0.3 is 10.5 Å². The Morgan fingerprint density at radius 1 is 0.970 bits per heavy atom. The highest BCUT2D eigenvalue weighted by Gasteiger charge is 2.40. The maximum atomic E-state index is 14.1. The molecule has 0 saturated heterocycles. The fraction of sp³-hybridized carbons (Fsp3) is 0.429. The van der Waals surface area contributed by atoms with Crippen LogP contribution in [0.5, 0.6) is 5.75 Å². The van der Waals surface area contributed by atoms with Gasteiger partial charge in [-0.05, 0) is 66.7 Å². The van der Waals surface area contributed by atoms with Crippen LogP contribution >= 0.6 is 0 Å². The fourth-order valence-corrected chi connectivity index (χ4v) is 4.42. The zero-order valence-corrected chi connectivity index (χ0v) is 20.4. The fourth-order valence-electron chi connectivity index (χ4n) is 4.42. The largest absolute Gasteiger partial charge is 0.497 e. The van der Waals surface area contributed by atoms with Gasteiger partial charge in [0.15, 0.2) is 0 Å². The molecular weight excluding hydrogens is 412 g/mol. The molecule has 1 amide bonds. The van der Waals surface area contributed by atoms with Gasteiger partial charge in [0.1, 0.15) is 11.3 Å². The van der Waals surface area contributed by atoms with Crippen molar-refractivity contribution < 1.29 is 9.53 Å². The first-order valence-corrected chi connectivity index (χ1v) is 11.8. The van der Waals surface area contributed by atoms with E-state index in [1.807, 2.05) is 54.6 Å². The SMILES string of the molecule is COc1ccc2cc(-c3ccccc3)c(=O)n(C(CCC(C)C)(CCC(C)C)C(N)=O)c2c1. The van der Waals surface area contributed by atoms with Crippen LogP contribution in [-0.4, -0.2) is 17.6 Å². The van der Waals surface area contributed by atoms with E-state index >= 15 is 0 Å².